The van der Waals surface area contributed by atoms with Crippen LogP contribution in [-0.2, 0) is 0 Å². The third-order valence-electron chi connectivity index (χ3n) is 10.6. The monoisotopic (exact) mass is 649 g/mol. The molecule has 0 unspecified atom stereocenters. The second-order valence-corrected chi connectivity index (χ2v) is 13.4. The third kappa shape index (κ3) is 4.06. The summed E-state index contributed by atoms with van der Waals surface area (Å²) < 4.78 is 7.34. The molecule has 11 aromatic rings. The van der Waals surface area contributed by atoms with Crippen molar-refractivity contribution >= 4 is 65.4 Å². The molecule has 3 heteroatoms. The molecule has 3 aromatic heterocycles. The summed E-state index contributed by atoms with van der Waals surface area (Å²) in [7, 11) is 0. The van der Waals surface area contributed by atoms with Gasteiger partial charge in [0.05, 0.1) is 33.1 Å². The molecule has 8 aromatic carbocycles. The van der Waals surface area contributed by atoms with Crippen LogP contribution in [0.3, 0.4) is 0 Å². The van der Waals surface area contributed by atoms with Crippen molar-refractivity contribution in [3.63, 3.8) is 0 Å². The van der Waals surface area contributed by atoms with E-state index in [9.17, 15) is 0 Å². The van der Waals surface area contributed by atoms with E-state index in [-0.39, 0.29) is 0 Å². The van der Waals surface area contributed by atoms with Crippen LogP contribution in [0.1, 0.15) is 0 Å². The van der Waals surface area contributed by atoms with Crippen LogP contribution in [0.25, 0.3) is 93.6 Å². The van der Waals surface area contributed by atoms with E-state index in [1.54, 1.807) is 0 Å². The van der Waals surface area contributed by atoms with E-state index in [2.05, 4.69) is 202 Å². The van der Waals surface area contributed by atoms with Gasteiger partial charge in [0.1, 0.15) is 0 Å². The van der Waals surface area contributed by atoms with E-state index in [0.29, 0.717) is 0 Å². The van der Waals surface area contributed by atoms with Gasteiger partial charge in [-0.25, -0.2) is 0 Å². The predicted molar refractivity (Wildman–Crippen MR) is 215 cm³/mol. The number of hydrogen-bond donors (Lipinski definition) is 0. The molecular formula is C48H31N3. The standard InChI is InChI=1S/C48H31N3/c1-3-14-32(15-4-1)33-16-13-19-35(30-33)50-44-25-12-9-22-41(44)47-45(50)29-28-40-38-21-8-11-24-43(38)51(48(40)47)36-26-27-39-37-20-7-10-23-42(37)49(46(39)31-36)34-17-5-2-6-18-34/h1-31H. The maximum atomic E-state index is 2.50. The van der Waals surface area contributed by atoms with Gasteiger partial charge in [0.2, 0.25) is 0 Å². The first kappa shape index (κ1) is 28.0. The first-order valence-electron chi connectivity index (χ1n) is 17.5. The van der Waals surface area contributed by atoms with E-state index in [0.717, 1.165) is 17.1 Å². The minimum atomic E-state index is 1.14. The molecule has 0 bridgehead atoms. The van der Waals surface area contributed by atoms with Crippen LogP contribution >= 0.6 is 0 Å². The lowest BCUT2D eigenvalue weighted by Gasteiger charge is -2.12. The Bertz CT molecular complexity index is 3120. The average molecular weight is 650 g/mol. The zero-order valence-electron chi connectivity index (χ0n) is 27.7. The van der Waals surface area contributed by atoms with E-state index in [4.69, 9.17) is 0 Å². The van der Waals surface area contributed by atoms with E-state index in [1.807, 2.05) is 0 Å². The van der Waals surface area contributed by atoms with Crippen molar-refractivity contribution in [3.8, 4) is 28.2 Å². The SMILES string of the molecule is c1ccc(-c2cccc(-n3c4ccccc4c4c3ccc3c5ccccc5n(-c5ccc6c7ccccc7n(-c7ccccc7)c6c5)c34)c2)cc1. The van der Waals surface area contributed by atoms with Crippen molar-refractivity contribution in [3.05, 3.63) is 188 Å². The van der Waals surface area contributed by atoms with Gasteiger partial charge >= 0.3 is 0 Å². The van der Waals surface area contributed by atoms with Crippen LogP contribution in [0.2, 0.25) is 0 Å². The zero-order valence-corrected chi connectivity index (χ0v) is 27.7. The molecule has 0 fully saturated rings. The van der Waals surface area contributed by atoms with Crippen molar-refractivity contribution in [1.29, 1.82) is 0 Å². The smallest absolute Gasteiger partial charge is 0.0641 e. The molecule has 0 radical (unpaired) electrons. The topological polar surface area (TPSA) is 14.8 Å². The predicted octanol–water partition coefficient (Wildman–Crippen LogP) is 12.6. The number of hydrogen-bond acceptors (Lipinski definition) is 0. The number of aromatic nitrogens is 3. The highest BCUT2D eigenvalue weighted by Gasteiger charge is 2.22. The number of benzene rings is 8. The molecule has 0 aliphatic heterocycles. The second-order valence-electron chi connectivity index (χ2n) is 13.4. The first-order valence-corrected chi connectivity index (χ1v) is 17.5. The Balaban J connectivity index is 1.25. The van der Waals surface area contributed by atoms with Crippen molar-refractivity contribution in [2.24, 2.45) is 0 Å². The summed E-state index contributed by atoms with van der Waals surface area (Å²) in [6.07, 6.45) is 0. The fourth-order valence-corrected chi connectivity index (χ4v) is 8.46. The van der Waals surface area contributed by atoms with Gasteiger partial charge in [0.25, 0.3) is 0 Å². The quantitative estimate of drug-likeness (QED) is 0.180. The third-order valence-corrected chi connectivity index (χ3v) is 10.6. The van der Waals surface area contributed by atoms with E-state index in [1.165, 1.54) is 76.5 Å². The first-order chi connectivity index (χ1) is 25.3. The van der Waals surface area contributed by atoms with Crippen LogP contribution in [0.4, 0.5) is 0 Å². The minimum absolute atomic E-state index is 1.14. The van der Waals surface area contributed by atoms with Crippen LogP contribution in [0.15, 0.2) is 188 Å². The maximum absolute atomic E-state index is 2.50. The summed E-state index contributed by atoms with van der Waals surface area (Å²) in [5.41, 5.74) is 13.1. The van der Waals surface area contributed by atoms with Crippen molar-refractivity contribution in [2.45, 2.75) is 0 Å². The lowest BCUT2D eigenvalue weighted by atomic mass is 10.1. The molecule has 0 aliphatic rings. The molecule has 0 aliphatic carbocycles. The molecule has 0 amide bonds. The van der Waals surface area contributed by atoms with E-state index < -0.39 is 0 Å². The van der Waals surface area contributed by atoms with Crippen LogP contribution in [-0.4, -0.2) is 13.7 Å². The largest absolute Gasteiger partial charge is 0.309 e. The summed E-state index contributed by atoms with van der Waals surface area (Å²) in [5, 5.41) is 7.51. The normalized spacial score (nSPS) is 11.9. The molecule has 3 heterocycles. The summed E-state index contributed by atoms with van der Waals surface area (Å²) in [6.45, 7) is 0. The summed E-state index contributed by atoms with van der Waals surface area (Å²) >= 11 is 0. The summed E-state index contributed by atoms with van der Waals surface area (Å²) in [6, 6.07) is 68.4. The van der Waals surface area contributed by atoms with Gasteiger partial charge in [-0.05, 0) is 71.8 Å². The highest BCUT2D eigenvalue weighted by molar-refractivity contribution is 6.26. The highest BCUT2D eigenvalue weighted by Crippen LogP contribution is 2.43. The molecule has 0 atom stereocenters. The Labute approximate surface area is 294 Å². The molecule has 51 heavy (non-hydrogen) atoms. The lowest BCUT2D eigenvalue weighted by Crippen LogP contribution is -1.97. The summed E-state index contributed by atoms with van der Waals surface area (Å²) in [5.74, 6) is 0. The molecule has 3 nitrogen and oxygen atoms in total. The fourth-order valence-electron chi connectivity index (χ4n) is 8.46. The van der Waals surface area contributed by atoms with Gasteiger partial charge in [0, 0.05) is 49.4 Å². The molecule has 0 N–H and O–H groups in total. The average Bonchev–Trinajstić information content (AvgIpc) is 3.84. The molecule has 0 spiro atoms. The molecular weight excluding hydrogens is 619 g/mol. The summed E-state index contributed by atoms with van der Waals surface area (Å²) in [4.78, 5) is 0. The van der Waals surface area contributed by atoms with Crippen LogP contribution in [0.5, 0.6) is 0 Å². The molecule has 0 saturated heterocycles. The van der Waals surface area contributed by atoms with E-state index >= 15 is 0 Å². The Morgan fingerprint density at radius 3 is 1.53 bits per heavy atom. The van der Waals surface area contributed by atoms with Crippen LogP contribution in [0, 0.1) is 0 Å². The molecule has 238 valence electrons. The van der Waals surface area contributed by atoms with Gasteiger partial charge in [-0.3, -0.25) is 0 Å². The zero-order chi connectivity index (χ0) is 33.5. The number of rotatable bonds is 4. The van der Waals surface area contributed by atoms with Gasteiger partial charge in [-0.1, -0.05) is 127 Å². The molecule has 0 saturated carbocycles. The fraction of sp³-hybridized carbons (Fsp3) is 0. The van der Waals surface area contributed by atoms with Gasteiger partial charge < -0.3 is 13.7 Å². The second kappa shape index (κ2) is 10.8. The van der Waals surface area contributed by atoms with Crippen LogP contribution < -0.4 is 0 Å². The van der Waals surface area contributed by atoms with Gasteiger partial charge in [-0.2, -0.15) is 0 Å². The highest BCUT2D eigenvalue weighted by atomic mass is 15.0. The Kier molecular flexibility index (Phi) is 5.96. The maximum Gasteiger partial charge on any atom is 0.0641 e. The molecule has 11 rings (SSSR count). The number of para-hydroxylation sites is 4. The minimum Gasteiger partial charge on any atom is -0.309 e. The van der Waals surface area contributed by atoms with Crippen molar-refractivity contribution in [1.82, 2.24) is 13.7 Å². The Morgan fingerprint density at radius 1 is 0.255 bits per heavy atom. The van der Waals surface area contributed by atoms with Crippen molar-refractivity contribution in [2.75, 3.05) is 0 Å². The van der Waals surface area contributed by atoms with Crippen molar-refractivity contribution < 1.29 is 0 Å². The Hall–Kier alpha value is -6.84. The number of fused-ring (bicyclic) bond motifs is 10. The van der Waals surface area contributed by atoms with Gasteiger partial charge in [0.15, 0.2) is 0 Å². The Morgan fingerprint density at radius 2 is 0.765 bits per heavy atom. The lowest BCUT2D eigenvalue weighted by molar-refractivity contribution is 1.16. The van der Waals surface area contributed by atoms with Gasteiger partial charge in [-0.15, -0.1) is 0 Å². The number of nitrogens with zero attached hydrogens (tertiary/aromatic N) is 3.